The molecule has 0 radical (unpaired) electrons. The zero-order chi connectivity index (χ0) is 67.3. The lowest BCUT2D eigenvalue weighted by Gasteiger charge is -2.41. The monoisotopic (exact) mass is 1220 g/mol. The van der Waals surface area contributed by atoms with E-state index in [1.54, 1.807) is 74.6 Å². The van der Waals surface area contributed by atoms with Crippen LogP contribution in [0.5, 0.6) is 0 Å². The third kappa shape index (κ3) is 22.9. The molecule has 494 valence electrons. The number of aliphatic hydroxyl groups is 1. The first kappa shape index (κ1) is 79.9. The van der Waals surface area contributed by atoms with Gasteiger partial charge in [0.1, 0.15) is 54.4 Å². The summed E-state index contributed by atoms with van der Waals surface area (Å²) >= 11 is 0. The van der Waals surface area contributed by atoms with Crippen molar-refractivity contribution < 1.29 is 57.8 Å². The van der Waals surface area contributed by atoms with E-state index < -0.39 is 138 Å². The van der Waals surface area contributed by atoms with E-state index in [2.05, 4.69) is 16.0 Å². The summed E-state index contributed by atoms with van der Waals surface area (Å²) in [5.74, 6) is -8.72. The van der Waals surface area contributed by atoms with Gasteiger partial charge in [-0.2, -0.15) is 0 Å². The summed E-state index contributed by atoms with van der Waals surface area (Å²) in [6.07, 6.45) is 3.29. The van der Waals surface area contributed by atoms with Gasteiger partial charge in [0.15, 0.2) is 0 Å². The number of carbonyl (C=O) groups is 11. The van der Waals surface area contributed by atoms with Gasteiger partial charge in [0.05, 0.1) is 12.6 Å². The highest BCUT2D eigenvalue weighted by Crippen LogP contribution is 2.26. The number of rotatable bonds is 36. The summed E-state index contributed by atoms with van der Waals surface area (Å²) in [4.78, 5) is 163. The highest BCUT2D eigenvalue weighted by atomic mass is 16.3. The predicted octanol–water partition coefficient (Wildman–Crippen LogP) is 3.89. The van der Waals surface area contributed by atoms with Gasteiger partial charge in [0.2, 0.25) is 65.0 Å². The van der Waals surface area contributed by atoms with Crippen LogP contribution >= 0.6 is 0 Å². The lowest BCUT2D eigenvalue weighted by molar-refractivity contribution is -0.157. The van der Waals surface area contributed by atoms with E-state index in [0.29, 0.717) is 12.8 Å². The number of nitrogens with one attached hydrogen (secondary N) is 3. The second-order valence-electron chi connectivity index (χ2n) is 26.1. The van der Waals surface area contributed by atoms with Crippen molar-refractivity contribution >= 4 is 65.0 Å². The van der Waals surface area contributed by atoms with Gasteiger partial charge >= 0.3 is 0 Å². The van der Waals surface area contributed by atoms with Gasteiger partial charge in [-0.15, -0.1) is 0 Å². The molecule has 0 aliphatic carbocycles. The molecule has 86 heavy (non-hydrogen) atoms. The zero-order valence-corrected chi connectivity index (χ0v) is 57.1. The number of nitrogens with zero attached hydrogens (tertiary/aromatic N) is 7. The maximum atomic E-state index is 15.1. The molecule has 23 nitrogen and oxygen atoms in total. The molecule has 0 aromatic carbocycles. The predicted molar refractivity (Wildman–Crippen MR) is 335 cm³/mol. The third-order valence-electron chi connectivity index (χ3n) is 16.4. The SMILES string of the molecule is C/C=C/C[C@@H](C)[C@H](O)C(C(=O)N[C@H](CC)C(=O)N(C)CC(=O)N(C)[C@@H](C(N)=O)C(C)C)N(C)C(=O)[C@H](C(C)C)N(C)C(=O)[C@@H](CC(C)C)N(C)C(=O)[C@H](CC(C)C)N(C)C(=O)[C@H](C)NC(=O)C(CC)NC(=O)[C@H](CC(C)C)N(C)C(=O)[C@H](C)C(C)C. The first-order valence-corrected chi connectivity index (χ1v) is 30.9. The Labute approximate surface area is 516 Å². The Morgan fingerprint density at radius 2 is 0.872 bits per heavy atom. The van der Waals surface area contributed by atoms with E-state index in [1.807, 2.05) is 62.3 Å². The summed E-state index contributed by atoms with van der Waals surface area (Å²) in [6.45, 7) is 31.8. The summed E-state index contributed by atoms with van der Waals surface area (Å²) in [6, 6.07) is -10.4. The van der Waals surface area contributed by atoms with Crippen LogP contribution in [0, 0.1) is 47.3 Å². The molecule has 6 N–H and O–H groups in total. The fourth-order valence-corrected chi connectivity index (χ4v) is 10.6. The number of hydrogen-bond acceptors (Lipinski definition) is 12. The number of carbonyl (C=O) groups excluding carboxylic acids is 11. The molecule has 0 aromatic rings. The van der Waals surface area contributed by atoms with E-state index in [0.717, 1.165) is 9.80 Å². The average molecular weight is 1220 g/mol. The molecule has 0 bridgehead atoms. The largest absolute Gasteiger partial charge is 0.390 e. The Kier molecular flexibility index (Phi) is 34.3. The van der Waals surface area contributed by atoms with Crippen molar-refractivity contribution in [2.75, 3.05) is 55.9 Å². The second kappa shape index (κ2) is 36.9. The molecule has 0 aliphatic rings. The van der Waals surface area contributed by atoms with E-state index >= 15 is 9.59 Å². The minimum Gasteiger partial charge on any atom is -0.390 e. The van der Waals surface area contributed by atoms with Crippen LogP contribution in [0.25, 0.3) is 0 Å². The van der Waals surface area contributed by atoms with Crippen LogP contribution in [0.2, 0.25) is 0 Å². The molecule has 23 heteroatoms. The van der Waals surface area contributed by atoms with Gasteiger partial charge in [-0.1, -0.05) is 123 Å². The van der Waals surface area contributed by atoms with Crippen molar-refractivity contribution in [1.29, 1.82) is 0 Å². The van der Waals surface area contributed by atoms with Crippen molar-refractivity contribution in [2.24, 2.45) is 53.1 Å². The zero-order valence-electron chi connectivity index (χ0n) is 57.1. The lowest BCUT2D eigenvalue weighted by atomic mass is 9.91. The number of hydrogen-bond donors (Lipinski definition) is 5. The molecular weight excluding hydrogens is 1100 g/mol. The molecule has 12 atom stereocenters. The number of amides is 11. The molecule has 0 spiro atoms. The molecule has 0 saturated carbocycles. The number of primary amides is 1. The van der Waals surface area contributed by atoms with E-state index in [4.69, 9.17) is 5.73 Å². The number of nitrogens with two attached hydrogens (primary N) is 1. The van der Waals surface area contributed by atoms with Crippen molar-refractivity contribution in [3.63, 3.8) is 0 Å². The van der Waals surface area contributed by atoms with Crippen molar-refractivity contribution in [1.82, 2.24) is 50.2 Å². The van der Waals surface area contributed by atoms with Crippen LogP contribution in [0.4, 0.5) is 0 Å². The number of allylic oxidation sites excluding steroid dienone is 2. The van der Waals surface area contributed by atoms with Crippen molar-refractivity contribution in [3.8, 4) is 0 Å². The van der Waals surface area contributed by atoms with Crippen LogP contribution in [0.15, 0.2) is 12.2 Å². The standard InChI is InChI=1S/C63H115N11O12/c1-26-29-30-41(16)53(76)52(57(80)67-45(28-3)60(83)68(19)34-49(75)72(23)50(39(12)13)54(64)77)74(25)63(86)51(40(14)15)73(24)62(85)48(33-37(8)9)71(22)61(84)47(32-36(6)7)70(21)59(82)43(18)65-55(78)44(27-2)66-56(79)46(31-35(4)5)69(20)58(81)42(17)38(10)11/h26,29,35-48,50-53,76H,27-28,30-34H2,1-25H3,(H2,64,77)(H,65,78)(H,66,79)(H,67,80)/b29-26+/t41-,42-,43+,44?,45-,46+,47+,48-,50-,51+,52?,53+/m1/s1. The second-order valence-corrected chi connectivity index (χ2v) is 26.1. The summed E-state index contributed by atoms with van der Waals surface area (Å²) in [7, 11) is 10.1. The van der Waals surface area contributed by atoms with Gasteiger partial charge in [0.25, 0.3) is 0 Å². The third-order valence-corrected chi connectivity index (χ3v) is 16.4. The number of likely N-dealkylation sites (N-methyl/N-ethyl adjacent to an activating group) is 7. The van der Waals surface area contributed by atoms with Crippen LogP contribution in [-0.4, -0.2) is 221 Å². The normalized spacial score (nSPS) is 16.0. The fourth-order valence-electron chi connectivity index (χ4n) is 10.6. The van der Waals surface area contributed by atoms with Crippen LogP contribution in [0.3, 0.4) is 0 Å². The minimum atomic E-state index is -1.60. The quantitative estimate of drug-likeness (QED) is 0.0559. The van der Waals surface area contributed by atoms with Gasteiger partial charge in [0, 0.05) is 55.3 Å². The molecule has 0 aromatic heterocycles. The highest BCUT2D eigenvalue weighted by Gasteiger charge is 2.45. The maximum Gasteiger partial charge on any atom is 0.246 e. The Balaban J connectivity index is 7.12. The molecule has 0 aliphatic heterocycles. The Hall–Kier alpha value is -6.13. The minimum absolute atomic E-state index is 0.0377. The molecule has 2 unspecified atom stereocenters. The molecular formula is C63H115N11O12. The maximum absolute atomic E-state index is 15.1. The Bertz CT molecular complexity index is 2310. The lowest BCUT2D eigenvalue weighted by Crippen LogP contribution is -2.63. The van der Waals surface area contributed by atoms with Crippen LogP contribution in [-0.2, 0) is 52.7 Å². The smallest absolute Gasteiger partial charge is 0.246 e. The summed E-state index contributed by atoms with van der Waals surface area (Å²) < 4.78 is 0. The van der Waals surface area contributed by atoms with Gasteiger partial charge in [-0.05, 0) is 93.8 Å². The Morgan fingerprint density at radius 1 is 0.453 bits per heavy atom. The fraction of sp³-hybridized carbons (Fsp3) is 0.794. The average Bonchev–Trinajstić information content (AvgIpc) is 1.55. The molecule has 0 fully saturated rings. The van der Waals surface area contributed by atoms with Crippen LogP contribution in [0.1, 0.15) is 163 Å². The molecule has 0 heterocycles. The number of aliphatic hydroxyl groups excluding tert-OH is 1. The molecule has 0 rings (SSSR count). The first-order valence-electron chi connectivity index (χ1n) is 30.9. The summed E-state index contributed by atoms with van der Waals surface area (Å²) in [5, 5.41) is 20.3. The van der Waals surface area contributed by atoms with Crippen molar-refractivity contribution in [2.45, 2.75) is 224 Å². The first-order chi connectivity index (χ1) is 39.6. The van der Waals surface area contributed by atoms with Crippen LogP contribution < -0.4 is 21.7 Å². The molecule has 0 saturated heterocycles. The van der Waals surface area contributed by atoms with E-state index in [9.17, 15) is 48.3 Å². The summed E-state index contributed by atoms with van der Waals surface area (Å²) in [5.41, 5.74) is 5.58. The van der Waals surface area contributed by atoms with Gasteiger partial charge < -0.3 is 61.1 Å². The van der Waals surface area contributed by atoms with E-state index in [-0.39, 0.29) is 67.1 Å². The molecule has 11 amide bonds. The Morgan fingerprint density at radius 3 is 1.29 bits per heavy atom. The van der Waals surface area contributed by atoms with Gasteiger partial charge in [-0.25, -0.2) is 0 Å². The topological polar surface area (TPSA) is 293 Å². The highest BCUT2D eigenvalue weighted by molar-refractivity contribution is 5.99. The van der Waals surface area contributed by atoms with E-state index in [1.165, 1.54) is 73.7 Å². The van der Waals surface area contributed by atoms with Gasteiger partial charge in [-0.3, -0.25) is 52.7 Å². The van der Waals surface area contributed by atoms with Crippen molar-refractivity contribution in [3.05, 3.63) is 12.2 Å².